The van der Waals surface area contributed by atoms with Gasteiger partial charge in [0.25, 0.3) is 0 Å². The van der Waals surface area contributed by atoms with Crippen LogP contribution in [0.3, 0.4) is 0 Å². The summed E-state index contributed by atoms with van der Waals surface area (Å²) in [6, 6.07) is 16.2. The van der Waals surface area contributed by atoms with Crippen LogP contribution < -0.4 is 4.74 Å². The summed E-state index contributed by atoms with van der Waals surface area (Å²) in [6.07, 6.45) is 2.91. The molecule has 1 heterocycles. The van der Waals surface area contributed by atoms with Gasteiger partial charge in [-0.1, -0.05) is 42.0 Å². The maximum absolute atomic E-state index is 10.5. The van der Waals surface area contributed by atoms with E-state index in [1.165, 1.54) is 16.7 Å². The van der Waals surface area contributed by atoms with Crippen LogP contribution in [0, 0.1) is 13.8 Å². The molecule has 27 heavy (non-hydrogen) atoms. The number of aryl methyl sites for hydroxylation is 2. The Labute approximate surface area is 160 Å². The van der Waals surface area contributed by atoms with Gasteiger partial charge in [0.1, 0.15) is 18.5 Å². The Morgan fingerprint density at radius 2 is 1.85 bits per heavy atom. The van der Waals surface area contributed by atoms with Crippen molar-refractivity contribution in [3.05, 3.63) is 83.4 Å². The van der Waals surface area contributed by atoms with E-state index in [1.54, 1.807) is 6.33 Å². The van der Waals surface area contributed by atoms with Crippen LogP contribution in [0.5, 0.6) is 5.75 Å². The maximum atomic E-state index is 10.5. The second-order valence-corrected chi connectivity index (χ2v) is 6.95. The van der Waals surface area contributed by atoms with E-state index in [0.29, 0.717) is 13.1 Å². The van der Waals surface area contributed by atoms with Gasteiger partial charge in [-0.15, -0.1) is 0 Å². The first-order valence-electron chi connectivity index (χ1n) is 9.22. The first-order valence-corrected chi connectivity index (χ1v) is 9.22. The largest absolute Gasteiger partial charge is 0.491 e. The molecule has 2 N–H and O–H groups in total. The second-order valence-electron chi connectivity index (χ2n) is 6.95. The molecule has 2 aromatic carbocycles. The summed E-state index contributed by atoms with van der Waals surface area (Å²) in [6.45, 7) is 6.37. The standard InChI is InChI=1S/C22H27N3O2/c1-17-7-9-22(10-8-17)27-15-21(26)14-25(13-20-11-23-16-24-20)12-19-6-4-3-5-18(19)2/h3-11,16,21,26H,12-15H2,1-2H3,(H,23,24). The predicted octanol–water partition coefficient (Wildman–Crippen LogP) is 3.47. The third kappa shape index (κ3) is 5.94. The van der Waals surface area contributed by atoms with Crippen molar-refractivity contribution in [2.24, 2.45) is 0 Å². The van der Waals surface area contributed by atoms with Crippen LogP contribution in [-0.2, 0) is 13.1 Å². The molecule has 0 saturated carbocycles. The normalized spacial score (nSPS) is 12.3. The van der Waals surface area contributed by atoms with Gasteiger partial charge in [-0.05, 0) is 37.1 Å². The number of benzene rings is 2. The van der Waals surface area contributed by atoms with Gasteiger partial charge in [0, 0.05) is 31.5 Å². The average molecular weight is 365 g/mol. The lowest BCUT2D eigenvalue weighted by Gasteiger charge is -2.25. The molecular formula is C22H27N3O2. The van der Waals surface area contributed by atoms with Crippen LogP contribution in [0.25, 0.3) is 0 Å². The molecule has 3 aromatic rings. The number of aliphatic hydroxyl groups excluding tert-OH is 1. The molecule has 1 unspecified atom stereocenters. The highest BCUT2D eigenvalue weighted by atomic mass is 16.5. The zero-order valence-electron chi connectivity index (χ0n) is 15.9. The molecule has 0 aliphatic carbocycles. The molecule has 5 nitrogen and oxygen atoms in total. The number of hydrogen-bond donors (Lipinski definition) is 2. The Balaban J connectivity index is 1.61. The van der Waals surface area contributed by atoms with Crippen molar-refractivity contribution >= 4 is 0 Å². The molecule has 1 atom stereocenters. The first kappa shape index (κ1) is 19.1. The third-order valence-electron chi connectivity index (χ3n) is 4.54. The van der Waals surface area contributed by atoms with Crippen LogP contribution in [0.15, 0.2) is 61.1 Å². The van der Waals surface area contributed by atoms with E-state index in [4.69, 9.17) is 4.74 Å². The highest BCUT2D eigenvalue weighted by molar-refractivity contribution is 5.26. The number of imidazole rings is 1. The van der Waals surface area contributed by atoms with E-state index < -0.39 is 6.10 Å². The van der Waals surface area contributed by atoms with Crippen LogP contribution in [-0.4, -0.2) is 39.2 Å². The average Bonchev–Trinajstić information content (AvgIpc) is 3.16. The fourth-order valence-electron chi connectivity index (χ4n) is 3.00. The smallest absolute Gasteiger partial charge is 0.119 e. The van der Waals surface area contributed by atoms with Crippen LogP contribution >= 0.6 is 0 Å². The van der Waals surface area contributed by atoms with Gasteiger partial charge < -0.3 is 14.8 Å². The molecule has 3 rings (SSSR count). The fraction of sp³-hybridized carbons (Fsp3) is 0.318. The molecule has 5 heteroatoms. The van der Waals surface area contributed by atoms with Gasteiger partial charge in [0.15, 0.2) is 0 Å². The van der Waals surface area contributed by atoms with Crippen LogP contribution in [0.1, 0.15) is 22.4 Å². The third-order valence-corrected chi connectivity index (χ3v) is 4.54. The summed E-state index contributed by atoms with van der Waals surface area (Å²) < 4.78 is 5.74. The summed E-state index contributed by atoms with van der Waals surface area (Å²) in [5.41, 5.74) is 4.71. The van der Waals surface area contributed by atoms with Crippen molar-refractivity contribution in [2.75, 3.05) is 13.2 Å². The lowest BCUT2D eigenvalue weighted by atomic mass is 10.1. The molecule has 0 fully saturated rings. The van der Waals surface area contributed by atoms with Gasteiger partial charge in [-0.2, -0.15) is 0 Å². The van der Waals surface area contributed by atoms with Gasteiger partial charge in [-0.25, -0.2) is 4.98 Å². The summed E-state index contributed by atoms with van der Waals surface area (Å²) in [7, 11) is 0. The monoisotopic (exact) mass is 365 g/mol. The Morgan fingerprint density at radius 1 is 1.07 bits per heavy atom. The zero-order chi connectivity index (χ0) is 19.1. The Kier molecular flexibility index (Phi) is 6.63. The number of aliphatic hydroxyl groups is 1. The number of ether oxygens (including phenoxy) is 1. The van der Waals surface area contributed by atoms with E-state index in [2.05, 4.69) is 33.9 Å². The molecule has 0 radical (unpaired) electrons. The minimum absolute atomic E-state index is 0.260. The van der Waals surface area contributed by atoms with Crippen LogP contribution in [0.2, 0.25) is 0 Å². The lowest BCUT2D eigenvalue weighted by molar-refractivity contribution is 0.0624. The van der Waals surface area contributed by atoms with Crippen molar-refractivity contribution in [3.8, 4) is 5.75 Å². The molecular weight excluding hydrogens is 338 g/mol. The number of hydrogen-bond acceptors (Lipinski definition) is 4. The van der Waals surface area contributed by atoms with E-state index in [9.17, 15) is 5.11 Å². The molecule has 0 aliphatic rings. The van der Waals surface area contributed by atoms with Crippen molar-refractivity contribution < 1.29 is 9.84 Å². The van der Waals surface area contributed by atoms with Gasteiger partial charge >= 0.3 is 0 Å². The number of aromatic nitrogens is 2. The summed E-state index contributed by atoms with van der Waals surface area (Å²) in [5.74, 6) is 0.777. The molecule has 1 aromatic heterocycles. The zero-order valence-corrected chi connectivity index (χ0v) is 15.9. The summed E-state index contributed by atoms with van der Waals surface area (Å²) >= 11 is 0. The van der Waals surface area contributed by atoms with Gasteiger partial charge in [-0.3, -0.25) is 4.90 Å². The van der Waals surface area contributed by atoms with E-state index in [1.807, 2.05) is 49.5 Å². The molecule has 0 saturated heterocycles. The molecule has 0 bridgehead atoms. The number of aromatic amines is 1. The molecule has 0 amide bonds. The van der Waals surface area contributed by atoms with E-state index in [-0.39, 0.29) is 6.61 Å². The minimum Gasteiger partial charge on any atom is -0.491 e. The number of nitrogens with zero attached hydrogens (tertiary/aromatic N) is 2. The molecule has 142 valence electrons. The highest BCUT2D eigenvalue weighted by Crippen LogP contribution is 2.15. The topological polar surface area (TPSA) is 61.4 Å². The maximum Gasteiger partial charge on any atom is 0.119 e. The highest BCUT2D eigenvalue weighted by Gasteiger charge is 2.15. The number of rotatable bonds is 9. The summed E-state index contributed by atoms with van der Waals surface area (Å²) in [4.78, 5) is 9.44. The first-order chi connectivity index (χ1) is 13.1. The fourth-order valence-corrected chi connectivity index (χ4v) is 3.00. The van der Waals surface area contributed by atoms with Crippen molar-refractivity contribution in [1.29, 1.82) is 0 Å². The SMILES string of the molecule is Cc1ccc(OCC(O)CN(Cc2cnc[nH]2)Cc2ccccc2C)cc1. The number of H-pyrrole nitrogens is 1. The lowest BCUT2D eigenvalue weighted by Crippen LogP contribution is -2.35. The van der Waals surface area contributed by atoms with Crippen molar-refractivity contribution in [3.63, 3.8) is 0 Å². The Morgan fingerprint density at radius 3 is 2.56 bits per heavy atom. The van der Waals surface area contributed by atoms with E-state index in [0.717, 1.165) is 18.0 Å². The van der Waals surface area contributed by atoms with Crippen molar-refractivity contribution in [1.82, 2.24) is 14.9 Å². The summed E-state index contributed by atoms with van der Waals surface area (Å²) in [5, 5.41) is 10.5. The van der Waals surface area contributed by atoms with Gasteiger partial charge in [0.2, 0.25) is 0 Å². The quantitative estimate of drug-likeness (QED) is 0.610. The van der Waals surface area contributed by atoms with Crippen molar-refractivity contribution in [2.45, 2.75) is 33.0 Å². The molecule has 0 aliphatic heterocycles. The number of nitrogens with one attached hydrogen (secondary N) is 1. The van der Waals surface area contributed by atoms with E-state index >= 15 is 0 Å². The predicted molar refractivity (Wildman–Crippen MR) is 107 cm³/mol. The minimum atomic E-state index is -0.585. The Bertz CT molecular complexity index is 816. The van der Waals surface area contributed by atoms with Gasteiger partial charge in [0.05, 0.1) is 6.33 Å². The second kappa shape index (κ2) is 9.35. The Hall–Kier alpha value is -2.63. The van der Waals surface area contributed by atoms with Crippen LogP contribution in [0.4, 0.5) is 0 Å². The molecule has 0 spiro atoms.